The summed E-state index contributed by atoms with van der Waals surface area (Å²) >= 11 is 0. The molecule has 2 heterocycles. The van der Waals surface area contributed by atoms with Crippen LogP contribution in [-0.2, 0) is 6.54 Å². The second kappa shape index (κ2) is 8.72. The highest BCUT2D eigenvalue weighted by molar-refractivity contribution is 5.40. The van der Waals surface area contributed by atoms with Gasteiger partial charge in [0.15, 0.2) is 11.5 Å². The van der Waals surface area contributed by atoms with Crippen molar-refractivity contribution in [3.05, 3.63) is 59.9 Å². The van der Waals surface area contributed by atoms with Gasteiger partial charge in [-0.25, -0.2) is 4.39 Å². The maximum atomic E-state index is 12.9. The summed E-state index contributed by atoms with van der Waals surface area (Å²) in [7, 11) is 0. The van der Waals surface area contributed by atoms with Gasteiger partial charge < -0.3 is 14.8 Å². The van der Waals surface area contributed by atoms with Crippen molar-refractivity contribution in [3.63, 3.8) is 0 Å². The number of nitrogens with zero attached hydrogens (tertiary/aromatic N) is 1. The monoisotopic (exact) mass is 370 g/mol. The van der Waals surface area contributed by atoms with E-state index in [4.69, 9.17) is 9.47 Å². The number of hydrogen-bond acceptors (Lipinski definition) is 4. The average molecular weight is 370 g/mol. The van der Waals surface area contributed by atoms with Crippen LogP contribution in [0.4, 0.5) is 4.39 Å². The minimum atomic E-state index is -0.179. The molecule has 0 bridgehead atoms. The summed E-state index contributed by atoms with van der Waals surface area (Å²) in [4.78, 5) is 2.48. The molecule has 1 unspecified atom stereocenters. The third-order valence-electron chi connectivity index (χ3n) is 5.41. The van der Waals surface area contributed by atoms with E-state index in [9.17, 15) is 4.39 Å². The van der Waals surface area contributed by atoms with Crippen molar-refractivity contribution in [2.24, 2.45) is 5.92 Å². The van der Waals surface area contributed by atoms with Gasteiger partial charge in [0.25, 0.3) is 0 Å². The summed E-state index contributed by atoms with van der Waals surface area (Å²) in [6, 6.07) is 14.6. The highest BCUT2D eigenvalue weighted by Gasteiger charge is 2.25. The molecule has 27 heavy (non-hydrogen) atoms. The molecule has 1 N–H and O–H groups in total. The molecule has 0 amide bonds. The molecule has 0 spiro atoms. The van der Waals surface area contributed by atoms with Crippen LogP contribution in [0, 0.1) is 11.7 Å². The lowest BCUT2D eigenvalue weighted by Gasteiger charge is -2.35. The Morgan fingerprint density at radius 1 is 1.00 bits per heavy atom. The summed E-state index contributed by atoms with van der Waals surface area (Å²) in [6.07, 6.45) is 2.49. The van der Waals surface area contributed by atoms with Crippen molar-refractivity contribution in [1.82, 2.24) is 10.2 Å². The molecule has 5 heteroatoms. The molecule has 0 aromatic heterocycles. The number of nitrogens with one attached hydrogen (secondary N) is 1. The van der Waals surface area contributed by atoms with Crippen molar-refractivity contribution in [3.8, 4) is 11.5 Å². The number of piperidine rings is 1. The Morgan fingerprint density at radius 3 is 2.52 bits per heavy atom. The lowest BCUT2D eigenvalue weighted by molar-refractivity contribution is 0.0477. The maximum absolute atomic E-state index is 12.9. The molecule has 4 rings (SSSR count). The first kappa shape index (κ1) is 18.3. The van der Waals surface area contributed by atoms with Gasteiger partial charge in [-0.1, -0.05) is 24.3 Å². The van der Waals surface area contributed by atoms with E-state index in [1.165, 1.54) is 25.0 Å². The second-order valence-electron chi connectivity index (χ2n) is 7.50. The van der Waals surface area contributed by atoms with Gasteiger partial charge in [-0.15, -0.1) is 0 Å². The molecular formula is C22H27FN2O2. The molecule has 4 nitrogen and oxygen atoms in total. The van der Waals surface area contributed by atoms with Gasteiger partial charge in [-0.05, 0) is 68.2 Å². The molecule has 0 radical (unpaired) electrons. The Morgan fingerprint density at radius 2 is 1.74 bits per heavy atom. The summed E-state index contributed by atoms with van der Waals surface area (Å²) in [6.45, 7) is 5.56. The highest BCUT2D eigenvalue weighted by Crippen LogP contribution is 2.31. The Bertz CT molecular complexity index is 729. The lowest BCUT2D eigenvalue weighted by atomic mass is 9.96. The number of ether oxygens (including phenoxy) is 2. The van der Waals surface area contributed by atoms with Crippen molar-refractivity contribution >= 4 is 0 Å². The molecule has 0 saturated carbocycles. The standard InChI is InChI=1S/C22H27FN2O2/c23-19-7-5-17(6-8-19)13-24-14-18-9-11-25(12-10-18)15-20-16-26-21-3-1-2-4-22(21)27-20/h1-8,18,20,24H,9-16H2. The average Bonchev–Trinajstić information content (AvgIpc) is 2.71. The topological polar surface area (TPSA) is 33.7 Å². The summed E-state index contributed by atoms with van der Waals surface area (Å²) in [5, 5.41) is 3.51. The number of hydrogen-bond donors (Lipinski definition) is 1. The van der Waals surface area contributed by atoms with Gasteiger partial charge in [0.2, 0.25) is 0 Å². The van der Waals surface area contributed by atoms with E-state index in [-0.39, 0.29) is 11.9 Å². The zero-order valence-corrected chi connectivity index (χ0v) is 15.6. The Labute approximate surface area is 160 Å². The molecule has 1 saturated heterocycles. The largest absolute Gasteiger partial charge is 0.486 e. The van der Waals surface area contributed by atoms with Gasteiger partial charge in [0.1, 0.15) is 18.5 Å². The smallest absolute Gasteiger partial charge is 0.161 e. The summed E-state index contributed by atoms with van der Waals surface area (Å²) in [5.41, 5.74) is 1.13. The van der Waals surface area contributed by atoms with E-state index < -0.39 is 0 Å². The SMILES string of the molecule is Fc1ccc(CNCC2CCN(CC3COc4ccccc4O3)CC2)cc1. The fourth-order valence-corrected chi connectivity index (χ4v) is 3.84. The Balaban J connectivity index is 1.16. The van der Waals surface area contributed by atoms with Crippen molar-refractivity contribution in [1.29, 1.82) is 0 Å². The molecule has 1 fully saturated rings. The maximum Gasteiger partial charge on any atom is 0.161 e. The van der Waals surface area contributed by atoms with E-state index in [2.05, 4.69) is 10.2 Å². The quantitative estimate of drug-likeness (QED) is 0.844. The summed E-state index contributed by atoms with van der Waals surface area (Å²) in [5.74, 6) is 2.22. The first-order chi connectivity index (χ1) is 13.3. The zero-order chi connectivity index (χ0) is 18.5. The van der Waals surface area contributed by atoms with Crippen LogP contribution in [0.2, 0.25) is 0 Å². The van der Waals surface area contributed by atoms with Gasteiger partial charge >= 0.3 is 0 Å². The highest BCUT2D eigenvalue weighted by atomic mass is 19.1. The first-order valence-electron chi connectivity index (χ1n) is 9.82. The van der Waals surface area contributed by atoms with Crippen LogP contribution in [0.1, 0.15) is 18.4 Å². The van der Waals surface area contributed by atoms with Gasteiger partial charge in [-0.2, -0.15) is 0 Å². The van der Waals surface area contributed by atoms with Crippen LogP contribution in [-0.4, -0.2) is 43.8 Å². The third kappa shape index (κ3) is 4.99. The number of rotatable bonds is 6. The Hall–Kier alpha value is -2.11. The van der Waals surface area contributed by atoms with E-state index in [0.717, 1.165) is 49.8 Å². The Kier molecular flexibility index (Phi) is 5.90. The lowest BCUT2D eigenvalue weighted by Crippen LogP contribution is -2.45. The van der Waals surface area contributed by atoms with Crippen molar-refractivity contribution < 1.29 is 13.9 Å². The molecule has 2 aromatic rings. The van der Waals surface area contributed by atoms with Gasteiger partial charge in [0, 0.05) is 13.1 Å². The summed E-state index contributed by atoms with van der Waals surface area (Å²) < 4.78 is 24.8. The van der Waals surface area contributed by atoms with E-state index >= 15 is 0 Å². The minimum absolute atomic E-state index is 0.105. The van der Waals surface area contributed by atoms with E-state index in [1.807, 2.05) is 36.4 Å². The van der Waals surface area contributed by atoms with Crippen molar-refractivity contribution in [2.75, 3.05) is 32.8 Å². The van der Waals surface area contributed by atoms with E-state index in [1.54, 1.807) is 0 Å². The molecule has 1 atom stereocenters. The minimum Gasteiger partial charge on any atom is -0.486 e. The van der Waals surface area contributed by atoms with Crippen LogP contribution in [0.5, 0.6) is 11.5 Å². The van der Waals surface area contributed by atoms with E-state index in [0.29, 0.717) is 12.5 Å². The number of likely N-dealkylation sites (tertiary alicyclic amines) is 1. The van der Waals surface area contributed by atoms with Crippen LogP contribution >= 0.6 is 0 Å². The molecular weight excluding hydrogens is 343 g/mol. The molecule has 144 valence electrons. The fraction of sp³-hybridized carbons (Fsp3) is 0.455. The van der Waals surface area contributed by atoms with Crippen LogP contribution in [0.15, 0.2) is 48.5 Å². The number of para-hydroxylation sites is 2. The zero-order valence-electron chi connectivity index (χ0n) is 15.6. The van der Waals surface area contributed by atoms with Gasteiger partial charge in [-0.3, -0.25) is 4.90 Å². The number of halogens is 1. The predicted molar refractivity (Wildman–Crippen MR) is 104 cm³/mol. The number of benzene rings is 2. The molecule has 2 aromatic carbocycles. The predicted octanol–water partition coefficient (Wildman–Crippen LogP) is 3.47. The van der Waals surface area contributed by atoms with Crippen LogP contribution in [0.3, 0.4) is 0 Å². The second-order valence-corrected chi connectivity index (χ2v) is 7.50. The third-order valence-corrected chi connectivity index (χ3v) is 5.41. The fourth-order valence-electron chi connectivity index (χ4n) is 3.84. The molecule has 2 aliphatic heterocycles. The first-order valence-corrected chi connectivity index (χ1v) is 9.82. The van der Waals surface area contributed by atoms with Crippen LogP contribution in [0.25, 0.3) is 0 Å². The van der Waals surface area contributed by atoms with Crippen LogP contribution < -0.4 is 14.8 Å². The van der Waals surface area contributed by atoms with Crippen molar-refractivity contribution in [2.45, 2.75) is 25.5 Å². The molecule has 0 aliphatic carbocycles. The molecule has 2 aliphatic rings. The normalized spacial score (nSPS) is 20.6. The number of fused-ring (bicyclic) bond motifs is 1. The van der Waals surface area contributed by atoms with Gasteiger partial charge in [0.05, 0.1) is 0 Å².